The van der Waals surface area contributed by atoms with E-state index in [0.29, 0.717) is 12.8 Å². The van der Waals surface area contributed by atoms with Crippen LogP contribution in [0.2, 0.25) is 0 Å². The molecular formula is C7H14O4. The molecular weight excluding hydrogens is 148 g/mol. The molecule has 66 valence electrons. The monoisotopic (exact) mass is 162 g/mol. The molecule has 4 heteroatoms. The van der Waals surface area contributed by atoms with Gasteiger partial charge in [-0.25, -0.2) is 0 Å². The Labute approximate surface area is 65.7 Å². The lowest BCUT2D eigenvalue weighted by Crippen LogP contribution is -2.41. The summed E-state index contributed by atoms with van der Waals surface area (Å²) in [4.78, 5) is 0. The number of methoxy groups -OCH3 is 1. The molecule has 0 saturated carbocycles. The Balaban J connectivity index is 2.37. The van der Waals surface area contributed by atoms with Gasteiger partial charge < -0.3 is 19.7 Å². The fourth-order valence-corrected chi connectivity index (χ4v) is 1.18. The molecule has 1 fully saturated rings. The van der Waals surface area contributed by atoms with Crippen LogP contribution in [0.4, 0.5) is 0 Å². The van der Waals surface area contributed by atoms with Gasteiger partial charge in [-0.15, -0.1) is 0 Å². The maximum absolute atomic E-state index is 9.24. The third-order valence-corrected chi connectivity index (χ3v) is 1.90. The predicted molar refractivity (Wildman–Crippen MR) is 38.0 cm³/mol. The van der Waals surface area contributed by atoms with Crippen molar-refractivity contribution in [3.05, 3.63) is 0 Å². The third kappa shape index (κ3) is 2.13. The minimum atomic E-state index is -0.550. The highest BCUT2D eigenvalue weighted by Gasteiger charge is 2.28. The van der Waals surface area contributed by atoms with Crippen molar-refractivity contribution in [3.8, 4) is 0 Å². The maximum atomic E-state index is 9.24. The Bertz CT molecular complexity index is 117. The minimum absolute atomic E-state index is 0.152. The van der Waals surface area contributed by atoms with Crippen molar-refractivity contribution < 1.29 is 19.7 Å². The molecule has 0 bridgehead atoms. The van der Waals surface area contributed by atoms with E-state index in [1.165, 1.54) is 0 Å². The average Bonchev–Trinajstić information content (AvgIpc) is 2.05. The standard InChI is InChI=1S/C7H14O4/c1-10-7-3-2-5(9)6(4-8)11-7/h5-9H,2-4H2,1H3/t5-,6?,7+/m0/s1. The first-order chi connectivity index (χ1) is 5.27. The van der Waals surface area contributed by atoms with Crippen LogP contribution in [0.5, 0.6) is 0 Å². The van der Waals surface area contributed by atoms with Gasteiger partial charge in [-0.2, -0.15) is 0 Å². The molecule has 1 unspecified atom stereocenters. The summed E-state index contributed by atoms with van der Waals surface area (Å²) in [6.07, 6.45) is 0.0217. The highest BCUT2D eigenvalue weighted by Crippen LogP contribution is 2.19. The van der Waals surface area contributed by atoms with Crippen LogP contribution in [0, 0.1) is 0 Å². The van der Waals surface area contributed by atoms with E-state index in [-0.39, 0.29) is 12.9 Å². The normalized spacial score (nSPS) is 39.0. The molecule has 2 N–H and O–H groups in total. The van der Waals surface area contributed by atoms with E-state index in [0.717, 1.165) is 0 Å². The topological polar surface area (TPSA) is 58.9 Å². The number of rotatable bonds is 2. The van der Waals surface area contributed by atoms with Crippen molar-refractivity contribution in [1.82, 2.24) is 0 Å². The Morgan fingerprint density at radius 1 is 1.55 bits per heavy atom. The van der Waals surface area contributed by atoms with Gasteiger partial charge in [-0.05, 0) is 6.42 Å². The number of hydrogen-bond acceptors (Lipinski definition) is 4. The third-order valence-electron chi connectivity index (χ3n) is 1.90. The molecule has 1 saturated heterocycles. The molecule has 11 heavy (non-hydrogen) atoms. The van der Waals surface area contributed by atoms with Crippen molar-refractivity contribution in [2.45, 2.75) is 31.3 Å². The van der Waals surface area contributed by atoms with Crippen LogP contribution in [-0.2, 0) is 9.47 Å². The predicted octanol–water partition coefficient (Wildman–Crippen LogP) is -0.509. The molecule has 0 aromatic carbocycles. The smallest absolute Gasteiger partial charge is 0.157 e. The zero-order valence-electron chi connectivity index (χ0n) is 6.56. The van der Waals surface area contributed by atoms with Crippen LogP contribution < -0.4 is 0 Å². The van der Waals surface area contributed by atoms with Crippen LogP contribution in [0.15, 0.2) is 0 Å². The molecule has 1 aliphatic rings. The number of aliphatic hydroxyl groups excluding tert-OH is 2. The van der Waals surface area contributed by atoms with Gasteiger partial charge in [0, 0.05) is 13.5 Å². The summed E-state index contributed by atoms with van der Waals surface area (Å²) in [5.74, 6) is 0. The van der Waals surface area contributed by atoms with Crippen molar-refractivity contribution in [3.63, 3.8) is 0 Å². The fraction of sp³-hybridized carbons (Fsp3) is 1.00. The number of ether oxygens (including phenoxy) is 2. The number of hydrogen-bond donors (Lipinski definition) is 2. The van der Waals surface area contributed by atoms with Crippen LogP contribution in [0.25, 0.3) is 0 Å². The molecule has 0 amide bonds. The van der Waals surface area contributed by atoms with Crippen LogP contribution in [0.1, 0.15) is 12.8 Å². The highest BCUT2D eigenvalue weighted by atomic mass is 16.7. The summed E-state index contributed by atoms with van der Waals surface area (Å²) in [7, 11) is 1.55. The molecule has 0 radical (unpaired) electrons. The van der Waals surface area contributed by atoms with E-state index in [4.69, 9.17) is 14.6 Å². The lowest BCUT2D eigenvalue weighted by Gasteiger charge is -2.31. The second-order valence-corrected chi connectivity index (χ2v) is 2.67. The Morgan fingerprint density at radius 3 is 2.82 bits per heavy atom. The van der Waals surface area contributed by atoms with E-state index >= 15 is 0 Å². The molecule has 0 aromatic rings. The van der Waals surface area contributed by atoms with Gasteiger partial charge in [0.2, 0.25) is 0 Å². The summed E-state index contributed by atoms with van der Waals surface area (Å²) >= 11 is 0. The Hall–Kier alpha value is -0.160. The maximum Gasteiger partial charge on any atom is 0.157 e. The van der Waals surface area contributed by atoms with E-state index in [1.807, 2.05) is 0 Å². The van der Waals surface area contributed by atoms with E-state index < -0.39 is 12.2 Å². The highest BCUT2D eigenvalue weighted by molar-refractivity contribution is 4.74. The molecule has 1 aliphatic heterocycles. The minimum Gasteiger partial charge on any atom is -0.394 e. The molecule has 1 rings (SSSR count). The fourth-order valence-electron chi connectivity index (χ4n) is 1.18. The molecule has 3 atom stereocenters. The summed E-state index contributed by atoms with van der Waals surface area (Å²) in [6.45, 7) is -0.152. The average molecular weight is 162 g/mol. The molecule has 0 aromatic heterocycles. The Kier molecular flexibility index (Phi) is 3.26. The molecule has 4 nitrogen and oxygen atoms in total. The van der Waals surface area contributed by atoms with Crippen molar-refractivity contribution >= 4 is 0 Å². The quantitative estimate of drug-likeness (QED) is 0.574. The van der Waals surface area contributed by atoms with Gasteiger partial charge in [0.05, 0.1) is 12.7 Å². The van der Waals surface area contributed by atoms with Crippen LogP contribution >= 0.6 is 0 Å². The summed E-state index contributed by atoms with van der Waals surface area (Å²) < 4.78 is 10.1. The van der Waals surface area contributed by atoms with E-state index in [2.05, 4.69) is 0 Å². The zero-order chi connectivity index (χ0) is 8.27. The van der Waals surface area contributed by atoms with Crippen LogP contribution in [-0.4, -0.2) is 42.4 Å². The first kappa shape index (κ1) is 8.93. The summed E-state index contributed by atoms with van der Waals surface area (Å²) in [6, 6.07) is 0. The SMILES string of the molecule is CO[C@H]1CC[C@H](O)C(CO)O1. The van der Waals surface area contributed by atoms with E-state index in [1.54, 1.807) is 7.11 Å². The second-order valence-electron chi connectivity index (χ2n) is 2.67. The van der Waals surface area contributed by atoms with Gasteiger partial charge in [-0.1, -0.05) is 0 Å². The lowest BCUT2D eigenvalue weighted by atomic mass is 10.1. The van der Waals surface area contributed by atoms with Gasteiger partial charge in [0.1, 0.15) is 6.10 Å². The summed E-state index contributed by atoms with van der Waals surface area (Å²) in [5, 5.41) is 18.0. The van der Waals surface area contributed by atoms with E-state index in [9.17, 15) is 5.11 Å². The van der Waals surface area contributed by atoms with Crippen molar-refractivity contribution in [1.29, 1.82) is 0 Å². The first-order valence-electron chi connectivity index (χ1n) is 3.75. The van der Waals surface area contributed by atoms with Gasteiger partial charge in [-0.3, -0.25) is 0 Å². The van der Waals surface area contributed by atoms with Crippen molar-refractivity contribution in [2.75, 3.05) is 13.7 Å². The van der Waals surface area contributed by atoms with Crippen molar-refractivity contribution in [2.24, 2.45) is 0 Å². The second kappa shape index (κ2) is 4.01. The Morgan fingerprint density at radius 2 is 2.27 bits per heavy atom. The van der Waals surface area contributed by atoms with Gasteiger partial charge >= 0.3 is 0 Å². The largest absolute Gasteiger partial charge is 0.394 e. The summed E-state index contributed by atoms with van der Waals surface area (Å²) in [5.41, 5.74) is 0. The van der Waals surface area contributed by atoms with Crippen LogP contribution in [0.3, 0.4) is 0 Å². The molecule has 0 aliphatic carbocycles. The lowest BCUT2D eigenvalue weighted by molar-refractivity contribution is -0.219. The number of aliphatic hydroxyl groups is 2. The first-order valence-corrected chi connectivity index (χ1v) is 3.75. The van der Waals surface area contributed by atoms with Gasteiger partial charge in [0.15, 0.2) is 6.29 Å². The molecule has 1 heterocycles. The molecule has 0 spiro atoms. The zero-order valence-corrected chi connectivity index (χ0v) is 6.56. The van der Waals surface area contributed by atoms with Gasteiger partial charge in [0.25, 0.3) is 0 Å².